The van der Waals surface area contributed by atoms with Gasteiger partial charge in [-0.15, -0.1) is 0 Å². The Hall–Kier alpha value is -1.53. The first-order valence-corrected chi connectivity index (χ1v) is 4.91. The van der Waals surface area contributed by atoms with Crippen molar-refractivity contribution in [2.45, 2.75) is 12.8 Å². The minimum absolute atomic E-state index is 0.0976. The number of benzene rings is 1. The Kier molecular flexibility index (Phi) is 4.14. The van der Waals surface area contributed by atoms with E-state index in [1.165, 1.54) is 0 Å². The molecule has 0 bridgehead atoms. The second kappa shape index (κ2) is 5.38. The summed E-state index contributed by atoms with van der Waals surface area (Å²) in [4.78, 5) is 0. The molecule has 0 fully saturated rings. The normalized spacial score (nSPS) is 11.9. The molecule has 1 atom stereocenters. The highest BCUT2D eigenvalue weighted by Crippen LogP contribution is 2.22. The van der Waals surface area contributed by atoms with Crippen LogP contribution in [0.1, 0.15) is 17.0 Å². The van der Waals surface area contributed by atoms with Crippen LogP contribution in [0.4, 0.5) is 0 Å². The van der Waals surface area contributed by atoms with Gasteiger partial charge in [0, 0.05) is 6.54 Å². The first kappa shape index (κ1) is 11.5. The third kappa shape index (κ3) is 2.71. The summed E-state index contributed by atoms with van der Waals surface area (Å²) < 4.78 is 5.17. The SMILES string of the molecule is CNCC(C#N)c1ccc(OC)c(C)c1. The Morgan fingerprint density at radius 3 is 2.73 bits per heavy atom. The fourth-order valence-electron chi connectivity index (χ4n) is 1.56. The van der Waals surface area contributed by atoms with E-state index in [4.69, 9.17) is 10.00 Å². The van der Waals surface area contributed by atoms with Gasteiger partial charge in [-0.2, -0.15) is 5.26 Å². The molecule has 0 heterocycles. The molecule has 0 radical (unpaired) electrons. The number of nitriles is 1. The maximum Gasteiger partial charge on any atom is 0.121 e. The third-order valence-corrected chi connectivity index (χ3v) is 2.39. The van der Waals surface area contributed by atoms with E-state index in [0.29, 0.717) is 6.54 Å². The highest BCUT2D eigenvalue weighted by atomic mass is 16.5. The van der Waals surface area contributed by atoms with Crippen molar-refractivity contribution < 1.29 is 4.74 Å². The van der Waals surface area contributed by atoms with E-state index >= 15 is 0 Å². The van der Waals surface area contributed by atoms with E-state index < -0.39 is 0 Å². The van der Waals surface area contributed by atoms with Gasteiger partial charge in [0.2, 0.25) is 0 Å². The van der Waals surface area contributed by atoms with Crippen molar-refractivity contribution in [1.29, 1.82) is 5.26 Å². The van der Waals surface area contributed by atoms with Crippen molar-refractivity contribution >= 4 is 0 Å². The molecule has 0 spiro atoms. The molecule has 0 saturated carbocycles. The average molecular weight is 204 g/mol. The smallest absolute Gasteiger partial charge is 0.121 e. The number of nitrogens with zero attached hydrogens (tertiary/aromatic N) is 1. The molecule has 0 saturated heterocycles. The van der Waals surface area contributed by atoms with Gasteiger partial charge in [0.15, 0.2) is 0 Å². The van der Waals surface area contributed by atoms with Gasteiger partial charge in [-0.05, 0) is 31.2 Å². The summed E-state index contributed by atoms with van der Waals surface area (Å²) in [5, 5.41) is 12.0. The first-order valence-electron chi connectivity index (χ1n) is 4.91. The van der Waals surface area contributed by atoms with E-state index in [9.17, 15) is 0 Å². The molecular formula is C12H16N2O. The lowest BCUT2D eigenvalue weighted by Gasteiger charge is -2.11. The van der Waals surface area contributed by atoms with Crippen molar-refractivity contribution in [1.82, 2.24) is 5.32 Å². The minimum Gasteiger partial charge on any atom is -0.496 e. The lowest BCUT2D eigenvalue weighted by Crippen LogP contribution is -2.15. The van der Waals surface area contributed by atoms with E-state index in [0.717, 1.165) is 16.9 Å². The standard InChI is InChI=1S/C12H16N2O/c1-9-6-10(4-5-12(9)15-3)11(7-13)8-14-2/h4-6,11,14H,8H2,1-3H3. The van der Waals surface area contributed by atoms with Crippen LogP contribution in [0, 0.1) is 18.3 Å². The number of ether oxygens (including phenoxy) is 1. The molecule has 1 N–H and O–H groups in total. The Balaban J connectivity index is 2.96. The molecule has 1 aromatic carbocycles. The van der Waals surface area contributed by atoms with Gasteiger partial charge < -0.3 is 10.1 Å². The van der Waals surface area contributed by atoms with Crippen LogP contribution in [0.3, 0.4) is 0 Å². The predicted molar refractivity (Wildman–Crippen MR) is 60.0 cm³/mol. The molecule has 80 valence electrons. The highest BCUT2D eigenvalue weighted by molar-refractivity contribution is 5.39. The zero-order valence-electron chi connectivity index (χ0n) is 9.37. The molecule has 0 amide bonds. The van der Waals surface area contributed by atoms with Crippen LogP contribution >= 0.6 is 0 Å². The van der Waals surface area contributed by atoms with Gasteiger partial charge in [-0.25, -0.2) is 0 Å². The summed E-state index contributed by atoms with van der Waals surface area (Å²) in [5.74, 6) is 0.763. The Labute approximate surface area is 90.7 Å². The lowest BCUT2D eigenvalue weighted by molar-refractivity contribution is 0.411. The Morgan fingerprint density at radius 2 is 2.27 bits per heavy atom. The zero-order chi connectivity index (χ0) is 11.3. The maximum absolute atomic E-state index is 9.01. The van der Waals surface area contributed by atoms with Crippen LogP contribution in [0.15, 0.2) is 18.2 Å². The number of hydrogen-bond acceptors (Lipinski definition) is 3. The molecule has 0 aliphatic heterocycles. The van der Waals surface area contributed by atoms with Gasteiger partial charge in [0.05, 0.1) is 19.1 Å². The quantitative estimate of drug-likeness (QED) is 0.813. The lowest BCUT2D eigenvalue weighted by atomic mass is 9.98. The van der Waals surface area contributed by atoms with Crippen molar-refractivity contribution in [3.63, 3.8) is 0 Å². The summed E-state index contributed by atoms with van der Waals surface area (Å²) >= 11 is 0. The van der Waals surface area contributed by atoms with E-state index in [1.54, 1.807) is 7.11 Å². The van der Waals surface area contributed by atoms with Gasteiger partial charge >= 0.3 is 0 Å². The van der Waals surface area contributed by atoms with E-state index in [1.807, 2.05) is 32.2 Å². The summed E-state index contributed by atoms with van der Waals surface area (Å²) in [7, 11) is 3.50. The second-order valence-electron chi connectivity index (χ2n) is 3.47. The van der Waals surface area contributed by atoms with Gasteiger partial charge in [0.25, 0.3) is 0 Å². The monoisotopic (exact) mass is 204 g/mol. The van der Waals surface area contributed by atoms with Crippen LogP contribution < -0.4 is 10.1 Å². The average Bonchev–Trinajstić information content (AvgIpc) is 2.25. The number of aryl methyl sites for hydroxylation is 1. The summed E-state index contributed by atoms with van der Waals surface area (Å²) in [5.41, 5.74) is 2.09. The van der Waals surface area contributed by atoms with Crippen molar-refractivity contribution in [3.8, 4) is 11.8 Å². The fourth-order valence-corrected chi connectivity index (χ4v) is 1.56. The number of rotatable bonds is 4. The Morgan fingerprint density at radius 1 is 1.53 bits per heavy atom. The molecular weight excluding hydrogens is 188 g/mol. The van der Waals surface area contributed by atoms with Crippen molar-refractivity contribution in [2.75, 3.05) is 20.7 Å². The van der Waals surface area contributed by atoms with Crippen molar-refractivity contribution in [2.24, 2.45) is 0 Å². The largest absolute Gasteiger partial charge is 0.496 e. The number of methoxy groups -OCH3 is 1. The van der Waals surface area contributed by atoms with Gasteiger partial charge in [-0.1, -0.05) is 12.1 Å². The molecule has 0 aliphatic carbocycles. The van der Waals surface area contributed by atoms with Crippen LogP contribution in [0.5, 0.6) is 5.75 Å². The number of hydrogen-bond donors (Lipinski definition) is 1. The van der Waals surface area contributed by atoms with Crippen LogP contribution in [-0.4, -0.2) is 20.7 Å². The summed E-state index contributed by atoms with van der Waals surface area (Å²) in [6.45, 7) is 2.65. The maximum atomic E-state index is 9.01. The van der Waals surface area contributed by atoms with Gasteiger partial charge in [0.1, 0.15) is 5.75 Å². The Bertz CT molecular complexity index is 368. The van der Waals surface area contributed by atoms with Crippen molar-refractivity contribution in [3.05, 3.63) is 29.3 Å². The topological polar surface area (TPSA) is 45.0 Å². The molecule has 1 unspecified atom stereocenters. The van der Waals surface area contributed by atoms with Crippen LogP contribution in [0.2, 0.25) is 0 Å². The molecule has 0 aromatic heterocycles. The molecule has 15 heavy (non-hydrogen) atoms. The van der Waals surface area contributed by atoms with E-state index in [2.05, 4.69) is 11.4 Å². The molecule has 3 nitrogen and oxygen atoms in total. The molecule has 0 aliphatic rings. The predicted octanol–water partition coefficient (Wildman–Crippen LogP) is 1.83. The number of nitrogens with one attached hydrogen (secondary N) is 1. The van der Waals surface area contributed by atoms with Crippen LogP contribution in [0.25, 0.3) is 0 Å². The summed E-state index contributed by atoms with van der Waals surface area (Å²) in [6, 6.07) is 8.13. The molecule has 1 rings (SSSR count). The van der Waals surface area contributed by atoms with E-state index in [-0.39, 0.29) is 5.92 Å². The second-order valence-corrected chi connectivity index (χ2v) is 3.47. The van der Waals surface area contributed by atoms with Gasteiger partial charge in [-0.3, -0.25) is 0 Å². The zero-order valence-corrected chi connectivity index (χ0v) is 9.37. The minimum atomic E-state index is -0.0976. The fraction of sp³-hybridized carbons (Fsp3) is 0.417. The number of likely N-dealkylation sites (N-methyl/N-ethyl adjacent to an activating group) is 1. The molecule has 1 aromatic rings. The van der Waals surface area contributed by atoms with Crippen LogP contribution in [-0.2, 0) is 0 Å². The first-order chi connectivity index (χ1) is 7.22. The molecule has 3 heteroatoms. The summed E-state index contributed by atoms with van der Waals surface area (Å²) in [6.07, 6.45) is 0. The third-order valence-electron chi connectivity index (χ3n) is 2.39. The highest BCUT2D eigenvalue weighted by Gasteiger charge is 2.10.